The molecule has 0 amide bonds. The Hall–Kier alpha value is -3.28. The van der Waals surface area contributed by atoms with Crippen molar-refractivity contribution in [3.63, 3.8) is 0 Å². The quantitative estimate of drug-likeness (QED) is 0.140. The number of hydrogen-bond donors (Lipinski definition) is 0. The molecule has 0 unspecified atom stereocenters. The number of benzene rings is 2. The van der Waals surface area contributed by atoms with Crippen LogP contribution in [0.1, 0.15) is 111 Å². The summed E-state index contributed by atoms with van der Waals surface area (Å²) >= 11 is 0. The Balaban J connectivity index is 1.94. The van der Waals surface area contributed by atoms with Crippen LogP contribution in [-0.2, 0) is 0 Å². The van der Waals surface area contributed by atoms with Gasteiger partial charge < -0.3 is 19.6 Å². The molecule has 252 valence electrons. The van der Waals surface area contributed by atoms with Crippen LogP contribution in [0.5, 0.6) is 0 Å². The van der Waals surface area contributed by atoms with Gasteiger partial charge in [0.1, 0.15) is 10.7 Å². The third kappa shape index (κ3) is 6.87. The Morgan fingerprint density at radius 3 is 0.761 bits per heavy atom. The summed E-state index contributed by atoms with van der Waals surface area (Å²) in [6, 6.07) is 16.1. The predicted molar refractivity (Wildman–Crippen MR) is 203 cm³/mol. The second-order valence-electron chi connectivity index (χ2n) is 15.3. The van der Waals surface area contributed by atoms with E-state index < -0.39 is 0 Å². The van der Waals surface area contributed by atoms with Gasteiger partial charge in [-0.2, -0.15) is 0 Å². The molecular formula is C40H62N6. The fourth-order valence-corrected chi connectivity index (χ4v) is 7.66. The van der Waals surface area contributed by atoms with Crippen molar-refractivity contribution in [1.82, 2.24) is 0 Å². The van der Waals surface area contributed by atoms with Gasteiger partial charge in [0.2, 0.25) is 0 Å². The molecule has 0 saturated carbocycles. The summed E-state index contributed by atoms with van der Waals surface area (Å²) < 4.78 is 0. The maximum absolute atomic E-state index is 5.43. The van der Waals surface area contributed by atoms with Crippen LogP contribution < -0.4 is 30.3 Å². The maximum atomic E-state index is 5.43. The predicted octanol–water partition coefficient (Wildman–Crippen LogP) is 9.55. The average Bonchev–Trinajstić information content (AvgIpc) is 3.80. The lowest BCUT2D eigenvalue weighted by Gasteiger charge is -2.33. The Morgan fingerprint density at radius 1 is 0.348 bits per heavy atom. The van der Waals surface area contributed by atoms with Gasteiger partial charge in [0.25, 0.3) is 0 Å². The normalized spacial score (nSPS) is 12.6. The molecule has 4 rings (SSSR count). The minimum absolute atomic E-state index is 0.385. The largest absolute Gasteiger partial charge is 0.363 e. The summed E-state index contributed by atoms with van der Waals surface area (Å²) in [5.41, 5.74) is 7.18. The molecular weight excluding hydrogens is 564 g/mol. The summed E-state index contributed by atoms with van der Waals surface area (Å²) in [6.07, 6.45) is 0. The van der Waals surface area contributed by atoms with Gasteiger partial charge in [0.15, 0.2) is 0 Å². The molecule has 0 aliphatic carbocycles. The van der Waals surface area contributed by atoms with Crippen molar-refractivity contribution in [3.05, 3.63) is 47.1 Å². The maximum Gasteiger partial charge on any atom is 0.115 e. The zero-order valence-corrected chi connectivity index (χ0v) is 31.8. The van der Waals surface area contributed by atoms with E-state index in [0.29, 0.717) is 48.3 Å². The second-order valence-corrected chi connectivity index (χ2v) is 15.3. The molecule has 46 heavy (non-hydrogen) atoms. The summed E-state index contributed by atoms with van der Waals surface area (Å²) in [6.45, 7) is 36.6. The third-order valence-electron chi connectivity index (χ3n) is 9.05. The summed E-state index contributed by atoms with van der Waals surface area (Å²) in [4.78, 5) is 21.0. The highest BCUT2D eigenvalue weighted by Gasteiger charge is 2.37. The molecule has 0 aromatic heterocycles. The number of nitrogens with zero attached hydrogens (tertiary/aromatic N) is 6. The minimum Gasteiger partial charge on any atom is -0.363 e. The van der Waals surface area contributed by atoms with Gasteiger partial charge in [-0.25, -0.2) is 9.98 Å². The first-order chi connectivity index (χ1) is 21.5. The zero-order valence-electron chi connectivity index (χ0n) is 31.8. The molecule has 0 atom stereocenters. The average molecular weight is 627 g/mol. The van der Waals surface area contributed by atoms with Gasteiger partial charge in [0.05, 0.1) is 34.1 Å². The van der Waals surface area contributed by atoms with Gasteiger partial charge in [-0.05, 0) is 123 Å². The Morgan fingerprint density at radius 2 is 0.565 bits per heavy atom. The molecule has 0 fully saturated rings. The van der Waals surface area contributed by atoms with Crippen LogP contribution >= 0.6 is 0 Å². The van der Waals surface area contributed by atoms with Crippen molar-refractivity contribution in [2.75, 3.05) is 19.6 Å². The van der Waals surface area contributed by atoms with E-state index in [2.05, 4.69) is 167 Å². The van der Waals surface area contributed by atoms with Crippen LogP contribution in [0, 0.1) is 0 Å². The molecule has 0 heterocycles. The molecule has 0 bridgehead atoms. The van der Waals surface area contributed by atoms with Crippen molar-refractivity contribution < 1.29 is 0 Å². The van der Waals surface area contributed by atoms with E-state index in [1.165, 1.54) is 22.7 Å². The molecule has 4 aromatic carbocycles. The fraction of sp³-hybridized carbons (Fsp3) is 0.600. The number of hydrogen-bond acceptors (Lipinski definition) is 6. The Kier molecular flexibility index (Phi) is 10.7. The first-order valence-corrected chi connectivity index (χ1v) is 17.8. The molecule has 4 aromatic rings. The summed E-state index contributed by atoms with van der Waals surface area (Å²) in [5.74, 6) is 0. The van der Waals surface area contributed by atoms with Gasteiger partial charge in [-0.1, -0.05) is 24.3 Å². The Bertz CT molecular complexity index is 1420. The smallest absolute Gasteiger partial charge is 0.115 e. The molecule has 0 aliphatic rings. The van der Waals surface area contributed by atoms with Crippen LogP contribution in [0.4, 0.5) is 34.1 Å². The lowest BCUT2D eigenvalue weighted by atomic mass is 10.1. The van der Waals surface area contributed by atoms with E-state index in [-0.39, 0.29) is 0 Å². The first-order valence-electron chi connectivity index (χ1n) is 17.8. The molecule has 0 spiro atoms. The van der Waals surface area contributed by atoms with Crippen LogP contribution in [0.2, 0.25) is 0 Å². The number of fused-ring (bicyclic) bond motifs is 1. The van der Waals surface area contributed by atoms with Crippen molar-refractivity contribution in [3.8, 4) is 0 Å². The lowest BCUT2D eigenvalue weighted by Crippen LogP contribution is -2.38. The van der Waals surface area contributed by atoms with Crippen molar-refractivity contribution in [2.24, 2.45) is 9.98 Å². The summed E-state index contributed by atoms with van der Waals surface area (Å²) in [5, 5.41) is 4.52. The van der Waals surface area contributed by atoms with Crippen LogP contribution in [-0.4, -0.2) is 48.3 Å². The number of anilines is 4. The zero-order chi connectivity index (χ0) is 34.4. The molecule has 6 nitrogen and oxygen atoms in total. The first kappa shape index (κ1) is 35.6. The standard InChI is InChI=1S/C40H62N6/c1-23(2)43(24(3)4)37-35(38(37)44(25(5)6)26(7)8)41-33-21-22-34(32-20-18-17-19-31(32)33)42-36-39(45(27(9)10)28(11)12)40(36)46(29(13)14)30(15)16/h17-30H,1-16H3. The molecule has 0 N–H and O–H groups in total. The van der Waals surface area contributed by atoms with Gasteiger partial charge in [-0.15, -0.1) is 0 Å². The van der Waals surface area contributed by atoms with Crippen LogP contribution in [0.3, 0.4) is 0 Å². The lowest BCUT2D eigenvalue weighted by molar-refractivity contribution is 0.598. The van der Waals surface area contributed by atoms with E-state index in [1.54, 1.807) is 0 Å². The monoisotopic (exact) mass is 627 g/mol. The minimum atomic E-state index is 0.385. The van der Waals surface area contributed by atoms with Crippen molar-refractivity contribution >= 4 is 44.9 Å². The third-order valence-corrected chi connectivity index (χ3v) is 9.05. The van der Waals surface area contributed by atoms with Gasteiger partial charge in [-0.3, -0.25) is 0 Å². The second kappa shape index (κ2) is 13.8. The number of rotatable bonds is 14. The van der Waals surface area contributed by atoms with Gasteiger partial charge in [0, 0.05) is 59.1 Å². The molecule has 0 saturated heterocycles. The van der Waals surface area contributed by atoms with E-state index in [0.717, 1.165) is 32.9 Å². The molecule has 6 heteroatoms. The molecule has 0 aliphatic heterocycles. The van der Waals surface area contributed by atoms with Crippen LogP contribution in [0.15, 0.2) is 46.4 Å². The fourth-order valence-electron chi connectivity index (χ4n) is 7.66. The molecule has 0 radical (unpaired) electrons. The SMILES string of the molecule is CC(C)N(c1c(N(C(C)C)C(C)C)c1=Nc1ccc(N=c2c(N(C(C)C)C(C)C)c2N(C(C)C)C(C)C)c2ccccc12)C(C)C. The highest BCUT2D eigenvalue weighted by atomic mass is 15.3. The highest BCUT2D eigenvalue weighted by molar-refractivity contribution is 6.01. The van der Waals surface area contributed by atoms with E-state index in [4.69, 9.17) is 9.98 Å². The van der Waals surface area contributed by atoms with Crippen LogP contribution in [0.25, 0.3) is 10.8 Å². The topological polar surface area (TPSA) is 37.7 Å². The van der Waals surface area contributed by atoms with Gasteiger partial charge >= 0.3 is 0 Å². The summed E-state index contributed by atoms with van der Waals surface area (Å²) in [7, 11) is 0. The highest BCUT2D eigenvalue weighted by Crippen LogP contribution is 2.42. The van der Waals surface area contributed by atoms with E-state index in [1.807, 2.05) is 0 Å². The van der Waals surface area contributed by atoms with E-state index >= 15 is 0 Å². The van der Waals surface area contributed by atoms with Crippen molar-refractivity contribution in [1.29, 1.82) is 0 Å². The Labute approximate surface area is 280 Å². The van der Waals surface area contributed by atoms with E-state index in [9.17, 15) is 0 Å². The van der Waals surface area contributed by atoms with Crippen molar-refractivity contribution in [2.45, 2.75) is 159 Å².